The van der Waals surface area contributed by atoms with Crippen molar-refractivity contribution in [3.63, 3.8) is 0 Å². The van der Waals surface area contributed by atoms with Crippen LogP contribution in [0.1, 0.15) is 18.9 Å². The molecule has 0 saturated heterocycles. The summed E-state index contributed by atoms with van der Waals surface area (Å²) >= 11 is 3.26. The first-order valence-electron chi connectivity index (χ1n) is 4.82. The van der Waals surface area contributed by atoms with Crippen LogP contribution in [0.5, 0.6) is 5.75 Å². The largest absolute Gasteiger partial charge is 0.493 e. The molecule has 2 nitrogen and oxygen atoms in total. The number of hydrogen-bond acceptors (Lipinski definition) is 2. The second-order valence-corrected chi connectivity index (χ2v) is 4.51. The van der Waals surface area contributed by atoms with Crippen LogP contribution >= 0.6 is 15.9 Å². The van der Waals surface area contributed by atoms with Crippen molar-refractivity contribution in [2.75, 3.05) is 7.11 Å². The Hall–Kier alpha value is -0.610. The molecule has 2 N–H and O–H groups in total. The lowest BCUT2D eigenvalue weighted by Crippen LogP contribution is -2.15. The SMILES string of the molecule is COc1c(F)cc(Br)cc1CCC(C)N. The summed E-state index contributed by atoms with van der Waals surface area (Å²) in [6, 6.07) is 3.37. The minimum absolute atomic E-state index is 0.108. The van der Waals surface area contributed by atoms with Gasteiger partial charge in [-0.15, -0.1) is 0 Å². The zero-order chi connectivity index (χ0) is 11.4. The maximum Gasteiger partial charge on any atom is 0.166 e. The average molecular weight is 276 g/mol. The van der Waals surface area contributed by atoms with Gasteiger partial charge >= 0.3 is 0 Å². The van der Waals surface area contributed by atoms with Crippen LogP contribution in [0, 0.1) is 5.82 Å². The summed E-state index contributed by atoms with van der Waals surface area (Å²) in [7, 11) is 1.47. The number of rotatable bonds is 4. The number of halogens is 2. The predicted molar refractivity (Wildman–Crippen MR) is 62.6 cm³/mol. The Balaban J connectivity index is 2.93. The summed E-state index contributed by atoms with van der Waals surface area (Å²) in [5.41, 5.74) is 6.51. The number of nitrogens with two attached hydrogens (primary N) is 1. The van der Waals surface area contributed by atoms with E-state index in [0.717, 1.165) is 22.9 Å². The maximum atomic E-state index is 13.4. The fourth-order valence-corrected chi connectivity index (χ4v) is 1.89. The van der Waals surface area contributed by atoms with E-state index in [9.17, 15) is 4.39 Å². The summed E-state index contributed by atoms with van der Waals surface area (Å²) < 4.78 is 19.2. The summed E-state index contributed by atoms with van der Waals surface area (Å²) in [5.74, 6) is -0.0228. The Morgan fingerprint density at radius 2 is 2.20 bits per heavy atom. The highest BCUT2D eigenvalue weighted by molar-refractivity contribution is 9.10. The molecule has 0 aliphatic rings. The van der Waals surface area contributed by atoms with E-state index in [1.54, 1.807) is 0 Å². The van der Waals surface area contributed by atoms with Crippen molar-refractivity contribution in [2.45, 2.75) is 25.8 Å². The van der Waals surface area contributed by atoms with Crippen LogP contribution in [-0.4, -0.2) is 13.2 Å². The minimum atomic E-state index is -0.341. The van der Waals surface area contributed by atoms with Crippen molar-refractivity contribution < 1.29 is 9.13 Å². The number of methoxy groups -OCH3 is 1. The van der Waals surface area contributed by atoms with E-state index in [2.05, 4.69) is 15.9 Å². The number of ether oxygens (including phenoxy) is 1. The lowest BCUT2D eigenvalue weighted by atomic mass is 10.1. The predicted octanol–water partition coefficient (Wildman–Crippen LogP) is 2.88. The lowest BCUT2D eigenvalue weighted by molar-refractivity contribution is 0.380. The van der Waals surface area contributed by atoms with Crippen molar-refractivity contribution in [3.8, 4) is 5.75 Å². The summed E-state index contributed by atoms with van der Waals surface area (Å²) in [6.07, 6.45) is 1.53. The normalized spacial score (nSPS) is 12.6. The Morgan fingerprint density at radius 1 is 1.53 bits per heavy atom. The van der Waals surface area contributed by atoms with Crippen LogP contribution in [0.15, 0.2) is 16.6 Å². The van der Waals surface area contributed by atoms with Crippen molar-refractivity contribution in [2.24, 2.45) is 5.73 Å². The Kier molecular flexibility index (Phi) is 4.54. The van der Waals surface area contributed by atoms with Gasteiger partial charge in [-0.25, -0.2) is 4.39 Å². The molecule has 0 aliphatic heterocycles. The summed E-state index contributed by atoms with van der Waals surface area (Å²) in [6.45, 7) is 1.93. The molecule has 0 amide bonds. The summed E-state index contributed by atoms with van der Waals surface area (Å²) in [4.78, 5) is 0. The molecule has 0 aromatic heterocycles. The highest BCUT2D eigenvalue weighted by Gasteiger charge is 2.11. The van der Waals surface area contributed by atoms with Gasteiger partial charge in [-0.1, -0.05) is 15.9 Å². The lowest BCUT2D eigenvalue weighted by Gasteiger charge is -2.11. The molecule has 0 aliphatic carbocycles. The van der Waals surface area contributed by atoms with Gasteiger partial charge in [0.15, 0.2) is 11.6 Å². The Morgan fingerprint density at radius 3 is 2.73 bits per heavy atom. The third-order valence-corrected chi connectivity index (χ3v) is 2.62. The van der Waals surface area contributed by atoms with Crippen LogP contribution in [-0.2, 0) is 6.42 Å². The van der Waals surface area contributed by atoms with Crippen LogP contribution in [0.3, 0.4) is 0 Å². The monoisotopic (exact) mass is 275 g/mol. The molecule has 0 spiro atoms. The maximum absolute atomic E-state index is 13.4. The molecular formula is C11H15BrFNO. The van der Waals surface area contributed by atoms with Crippen molar-refractivity contribution >= 4 is 15.9 Å². The van der Waals surface area contributed by atoms with Crippen LogP contribution in [0.2, 0.25) is 0 Å². The van der Waals surface area contributed by atoms with Crippen molar-refractivity contribution in [3.05, 3.63) is 28.0 Å². The van der Waals surface area contributed by atoms with Gasteiger partial charge in [-0.05, 0) is 37.5 Å². The van der Waals surface area contributed by atoms with Gasteiger partial charge in [0.1, 0.15) is 0 Å². The average Bonchev–Trinajstić information content (AvgIpc) is 2.13. The molecule has 0 bridgehead atoms. The quantitative estimate of drug-likeness (QED) is 0.917. The minimum Gasteiger partial charge on any atom is -0.493 e. The first-order valence-corrected chi connectivity index (χ1v) is 5.61. The molecule has 84 valence electrons. The summed E-state index contributed by atoms with van der Waals surface area (Å²) in [5, 5.41) is 0. The standard InChI is InChI=1S/C11H15BrFNO/c1-7(14)3-4-8-5-9(12)6-10(13)11(8)15-2/h5-7H,3-4,14H2,1-2H3. The molecule has 0 fully saturated rings. The molecule has 0 heterocycles. The van der Waals surface area contributed by atoms with Gasteiger partial charge in [0.2, 0.25) is 0 Å². The van der Waals surface area contributed by atoms with E-state index in [1.165, 1.54) is 13.2 Å². The second-order valence-electron chi connectivity index (χ2n) is 3.60. The van der Waals surface area contributed by atoms with E-state index in [1.807, 2.05) is 13.0 Å². The van der Waals surface area contributed by atoms with E-state index in [4.69, 9.17) is 10.5 Å². The third kappa shape index (κ3) is 3.47. The van der Waals surface area contributed by atoms with Crippen LogP contribution in [0.4, 0.5) is 4.39 Å². The molecule has 1 atom stereocenters. The van der Waals surface area contributed by atoms with Gasteiger partial charge in [-0.3, -0.25) is 0 Å². The van der Waals surface area contributed by atoms with Gasteiger partial charge < -0.3 is 10.5 Å². The van der Waals surface area contributed by atoms with E-state index in [0.29, 0.717) is 5.75 Å². The van der Waals surface area contributed by atoms with Gasteiger partial charge in [0.05, 0.1) is 7.11 Å². The number of hydrogen-bond donors (Lipinski definition) is 1. The number of benzene rings is 1. The van der Waals surface area contributed by atoms with Crippen LogP contribution in [0.25, 0.3) is 0 Å². The Bertz CT molecular complexity index is 342. The molecule has 15 heavy (non-hydrogen) atoms. The molecule has 0 radical (unpaired) electrons. The molecule has 1 unspecified atom stereocenters. The van der Waals surface area contributed by atoms with Crippen molar-refractivity contribution in [1.82, 2.24) is 0 Å². The van der Waals surface area contributed by atoms with Gasteiger partial charge in [0, 0.05) is 10.5 Å². The van der Waals surface area contributed by atoms with E-state index in [-0.39, 0.29) is 11.9 Å². The molecular weight excluding hydrogens is 261 g/mol. The van der Waals surface area contributed by atoms with E-state index < -0.39 is 0 Å². The first kappa shape index (κ1) is 12.5. The fraction of sp³-hybridized carbons (Fsp3) is 0.455. The Labute approximate surface area is 97.7 Å². The highest BCUT2D eigenvalue weighted by atomic mass is 79.9. The number of aryl methyl sites for hydroxylation is 1. The smallest absolute Gasteiger partial charge is 0.166 e. The third-order valence-electron chi connectivity index (χ3n) is 2.16. The van der Waals surface area contributed by atoms with Gasteiger partial charge in [-0.2, -0.15) is 0 Å². The first-order chi connectivity index (χ1) is 7.04. The molecule has 1 aromatic rings. The molecule has 0 saturated carbocycles. The fourth-order valence-electron chi connectivity index (χ4n) is 1.41. The zero-order valence-corrected chi connectivity index (χ0v) is 10.5. The van der Waals surface area contributed by atoms with Gasteiger partial charge in [0.25, 0.3) is 0 Å². The molecule has 1 aromatic carbocycles. The molecule has 4 heteroatoms. The molecule has 1 rings (SSSR count). The topological polar surface area (TPSA) is 35.2 Å². The van der Waals surface area contributed by atoms with Crippen LogP contribution < -0.4 is 10.5 Å². The highest BCUT2D eigenvalue weighted by Crippen LogP contribution is 2.28. The van der Waals surface area contributed by atoms with E-state index >= 15 is 0 Å². The zero-order valence-electron chi connectivity index (χ0n) is 8.89. The van der Waals surface area contributed by atoms with Crippen molar-refractivity contribution in [1.29, 1.82) is 0 Å². The second kappa shape index (κ2) is 5.47.